The Labute approximate surface area is 94.4 Å². The molecule has 0 saturated heterocycles. The lowest BCUT2D eigenvalue weighted by molar-refractivity contribution is 0.0949. The normalized spacial score (nSPS) is 25.8. The highest BCUT2D eigenvalue weighted by atomic mass is 15.1. The fourth-order valence-corrected chi connectivity index (χ4v) is 3.38. The summed E-state index contributed by atoms with van der Waals surface area (Å²) in [6.45, 7) is 2.53. The van der Waals surface area contributed by atoms with Crippen molar-refractivity contribution in [2.45, 2.75) is 51.0 Å². The van der Waals surface area contributed by atoms with Gasteiger partial charge in [-0.05, 0) is 45.2 Å². The van der Waals surface area contributed by atoms with E-state index in [9.17, 15) is 0 Å². The van der Waals surface area contributed by atoms with Crippen LogP contribution in [0.15, 0.2) is 0 Å². The number of hydrogen-bond donors (Lipinski definition) is 1. The molecule has 0 atom stereocenters. The van der Waals surface area contributed by atoms with Crippen LogP contribution in [-0.2, 0) is 0 Å². The standard InChI is InChI=1S/C13H26N2/c1-14-10-13(8-3-4-9-13)11-15(2)12-6-5-7-12/h12,14H,3-11H2,1-2H3. The first kappa shape index (κ1) is 11.4. The second-order valence-electron chi connectivity index (χ2n) is 5.74. The number of nitrogens with zero attached hydrogens (tertiary/aromatic N) is 1. The van der Waals surface area contributed by atoms with Gasteiger partial charge in [0.05, 0.1) is 0 Å². The lowest BCUT2D eigenvalue weighted by atomic mass is 9.83. The van der Waals surface area contributed by atoms with Crippen molar-refractivity contribution in [2.24, 2.45) is 5.41 Å². The third-order valence-corrected chi connectivity index (χ3v) is 4.50. The van der Waals surface area contributed by atoms with E-state index in [4.69, 9.17) is 0 Å². The Hall–Kier alpha value is -0.0800. The minimum Gasteiger partial charge on any atom is -0.319 e. The molecule has 0 radical (unpaired) electrons. The molecule has 2 saturated carbocycles. The van der Waals surface area contributed by atoms with Crippen LogP contribution in [0, 0.1) is 5.41 Å². The predicted octanol–water partition coefficient (Wildman–Crippen LogP) is 2.25. The molecule has 15 heavy (non-hydrogen) atoms. The molecule has 2 nitrogen and oxygen atoms in total. The van der Waals surface area contributed by atoms with Gasteiger partial charge >= 0.3 is 0 Å². The maximum absolute atomic E-state index is 3.40. The quantitative estimate of drug-likeness (QED) is 0.749. The van der Waals surface area contributed by atoms with E-state index in [0.29, 0.717) is 5.41 Å². The van der Waals surface area contributed by atoms with Crippen molar-refractivity contribution in [1.29, 1.82) is 0 Å². The van der Waals surface area contributed by atoms with Crippen molar-refractivity contribution in [3.63, 3.8) is 0 Å². The number of hydrogen-bond acceptors (Lipinski definition) is 2. The van der Waals surface area contributed by atoms with Crippen molar-refractivity contribution in [3.8, 4) is 0 Å². The molecule has 0 aromatic carbocycles. The zero-order valence-corrected chi connectivity index (χ0v) is 10.4. The lowest BCUT2D eigenvalue weighted by Gasteiger charge is -2.41. The lowest BCUT2D eigenvalue weighted by Crippen LogP contribution is -2.46. The molecule has 0 aromatic heterocycles. The van der Waals surface area contributed by atoms with E-state index in [1.165, 1.54) is 58.0 Å². The van der Waals surface area contributed by atoms with E-state index in [0.717, 1.165) is 6.04 Å². The molecule has 2 rings (SSSR count). The molecule has 2 aliphatic rings. The van der Waals surface area contributed by atoms with Gasteiger partial charge in [-0.25, -0.2) is 0 Å². The smallest absolute Gasteiger partial charge is 0.00924 e. The van der Waals surface area contributed by atoms with E-state index in [1.54, 1.807) is 0 Å². The van der Waals surface area contributed by atoms with Gasteiger partial charge in [0.2, 0.25) is 0 Å². The van der Waals surface area contributed by atoms with E-state index in [-0.39, 0.29) is 0 Å². The van der Waals surface area contributed by atoms with Crippen LogP contribution < -0.4 is 5.32 Å². The Balaban J connectivity index is 1.87. The van der Waals surface area contributed by atoms with Crippen molar-refractivity contribution in [1.82, 2.24) is 10.2 Å². The summed E-state index contributed by atoms with van der Waals surface area (Å²) in [4.78, 5) is 2.63. The minimum absolute atomic E-state index is 0.596. The van der Waals surface area contributed by atoms with E-state index in [1.807, 2.05) is 0 Å². The molecule has 2 heteroatoms. The number of rotatable bonds is 5. The van der Waals surface area contributed by atoms with Crippen LogP contribution in [0.25, 0.3) is 0 Å². The van der Waals surface area contributed by atoms with E-state index < -0.39 is 0 Å². The molecule has 0 bridgehead atoms. The topological polar surface area (TPSA) is 15.3 Å². The summed E-state index contributed by atoms with van der Waals surface area (Å²) >= 11 is 0. The zero-order chi connectivity index (χ0) is 10.7. The third-order valence-electron chi connectivity index (χ3n) is 4.50. The molecule has 0 aromatic rings. The molecule has 2 aliphatic carbocycles. The predicted molar refractivity (Wildman–Crippen MR) is 65.1 cm³/mol. The van der Waals surface area contributed by atoms with Crippen LogP contribution in [-0.4, -0.2) is 38.1 Å². The SMILES string of the molecule is CNCC1(CN(C)C2CCC2)CCCC1. The van der Waals surface area contributed by atoms with Crippen LogP contribution >= 0.6 is 0 Å². The Bertz CT molecular complexity index is 193. The zero-order valence-electron chi connectivity index (χ0n) is 10.4. The van der Waals surface area contributed by atoms with Gasteiger partial charge in [0.15, 0.2) is 0 Å². The van der Waals surface area contributed by atoms with Crippen LogP contribution in [0.3, 0.4) is 0 Å². The highest BCUT2D eigenvalue weighted by Gasteiger charge is 2.36. The molecular weight excluding hydrogens is 184 g/mol. The van der Waals surface area contributed by atoms with Crippen molar-refractivity contribution in [3.05, 3.63) is 0 Å². The van der Waals surface area contributed by atoms with Gasteiger partial charge in [-0.1, -0.05) is 19.3 Å². The van der Waals surface area contributed by atoms with Crippen molar-refractivity contribution >= 4 is 0 Å². The maximum Gasteiger partial charge on any atom is 0.00924 e. The Morgan fingerprint density at radius 1 is 1.20 bits per heavy atom. The Morgan fingerprint density at radius 2 is 1.87 bits per heavy atom. The van der Waals surface area contributed by atoms with Crippen LogP contribution in [0.2, 0.25) is 0 Å². The van der Waals surface area contributed by atoms with Gasteiger partial charge in [-0.3, -0.25) is 0 Å². The molecular formula is C13H26N2. The molecule has 1 N–H and O–H groups in total. The molecule has 2 fully saturated rings. The molecule has 0 unspecified atom stereocenters. The number of nitrogens with one attached hydrogen (secondary N) is 1. The van der Waals surface area contributed by atoms with Gasteiger partial charge in [-0.15, -0.1) is 0 Å². The van der Waals surface area contributed by atoms with Gasteiger partial charge < -0.3 is 10.2 Å². The first-order chi connectivity index (χ1) is 7.26. The fraction of sp³-hybridized carbons (Fsp3) is 1.00. The summed E-state index contributed by atoms with van der Waals surface area (Å²) in [6.07, 6.45) is 10.1. The van der Waals surface area contributed by atoms with Gasteiger partial charge in [0, 0.05) is 19.1 Å². The Morgan fingerprint density at radius 3 is 2.33 bits per heavy atom. The summed E-state index contributed by atoms with van der Waals surface area (Å²) in [7, 11) is 4.43. The van der Waals surface area contributed by atoms with Gasteiger partial charge in [-0.2, -0.15) is 0 Å². The summed E-state index contributed by atoms with van der Waals surface area (Å²) in [6, 6.07) is 0.902. The van der Waals surface area contributed by atoms with Crippen molar-refractivity contribution in [2.75, 3.05) is 27.2 Å². The van der Waals surface area contributed by atoms with Gasteiger partial charge in [0.1, 0.15) is 0 Å². The monoisotopic (exact) mass is 210 g/mol. The first-order valence-electron chi connectivity index (χ1n) is 6.61. The molecule has 0 spiro atoms. The maximum atomic E-state index is 3.40. The first-order valence-corrected chi connectivity index (χ1v) is 6.61. The highest BCUT2D eigenvalue weighted by Crippen LogP contribution is 2.39. The second kappa shape index (κ2) is 4.84. The fourth-order valence-electron chi connectivity index (χ4n) is 3.38. The second-order valence-corrected chi connectivity index (χ2v) is 5.74. The minimum atomic E-state index is 0.596. The third kappa shape index (κ3) is 2.54. The summed E-state index contributed by atoms with van der Waals surface area (Å²) in [5.74, 6) is 0. The van der Waals surface area contributed by atoms with Crippen LogP contribution in [0.5, 0.6) is 0 Å². The van der Waals surface area contributed by atoms with Gasteiger partial charge in [0.25, 0.3) is 0 Å². The van der Waals surface area contributed by atoms with E-state index >= 15 is 0 Å². The summed E-state index contributed by atoms with van der Waals surface area (Å²) < 4.78 is 0. The largest absolute Gasteiger partial charge is 0.319 e. The van der Waals surface area contributed by atoms with Crippen LogP contribution in [0.4, 0.5) is 0 Å². The molecule has 0 amide bonds. The summed E-state index contributed by atoms with van der Waals surface area (Å²) in [5.41, 5.74) is 0.596. The Kier molecular flexibility index (Phi) is 3.68. The average Bonchev–Trinajstić information content (AvgIpc) is 2.50. The van der Waals surface area contributed by atoms with Crippen LogP contribution in [0.1, 0.15) is 44.9 Å². The van der Waals surface area contributed by atoms with Crippen molar-refractivity contribution < 1.29 is 0 Å². The summed E-state index contributed by atoms with van der Waals surface area (Å²) in [5, 5.41) is 3.40. The molecule has 0 heterocycles. The average molecular weight is 210 g/mol. The van der Waals surface area contributed by atoms with E-state index in [2.05, 4.69) is 24.3 Å². The highest BCUT2D eigenvalue weighted by molar-refractivity contribution is 4.91. The molecule has 0 aliphatic heterocycles. The molecule has 88 valence electrons.